The van der Waals surface area contributed by atoms with Crippen LogP contribution in [0.4, 0.5) is 5.69 Å². The third kappa shape index (κ3) is 6.12. The molecule has 0 saturated carbocycles. The van der Waals surface area contributed by atoms with Crippen LogP contribution in [0.15, 0.2) is 77.9 Å². The van der Waals surface area contributed by atoms with Gasteiger partial charge in [-0.15, -0.1) is 0 Å². The fourth-order valence-corrected chi connectivity index (χ4v) is 2.94. The lowest BCUT2D eigenvalue weighted by atomic mass is 10.1. The summed E-state index contributed by atoms with van der Waals surface area (Å²) < 4.78 is 5.40. The van der Waals surface area contributed by atoms with Crippen molar-refractivity contribution in [3.05, 3.63) is 95.1 Å². The van der Waals surface area contributed by atoms with E-state index in [0.717, 1.165) is 17.5 Å². The van der Waals surface area contributed by atoms with Crippen molar-refractivity contribution in [1.82, 2.24) is 5.43 Å². The Kier molecular flexibility index (Phi) is 7.48. The second-order valence-corrected chi connectivity index (χ2v) is 7.00. The van der Waals surface area contributed by atoms with Crippen LogP contribution in [0.25, 0.3) is 0 Å². The first-order chi connectivity index (χ1) is 15.5. The number of anilines is 1. The van der Waals surface area contributed by atoms with Crippen molar-refractivity contribution in [3.63, 3.8) is 0 Å². The number of amides is 2. The second-order valence-electron chi connectivity index (χ2n) is 7.00. The van der Waals surface area contributed by atoms with E-state index in [0.29, 0.717) is 22.6 Å². The number of ether oxygens (including phenoxy) is 1. The van der Waals surface area contributed by atoms with Gasteiger partial charge in [0.2, 0.25) is 0 Å². The van der Waals surface area contributed by atoms with Gasteiger partial charge in [-0.25, -0.2) is 10.2 Å². The summed E-state index contributed by atoms with van der Waals surface area (Å²) in [5.41, 5.74) is 5.69. The molecule has 0 saturated heterocycles. The van der Waals surface area contributed by atoms with Crippen molar-refractivity contribution in [3.8, 4) is 5.75 Å². The highest BCUT2D eigenvalue weighted by Crippen LogP contribution is 2.16. The van der Waals surface area contributed by atoms with Crippen LogP contribution < -0.4 is 15.5 Å². The van der Waals surface area contributed by atoms with Crippen molar-refractivity contribution in [2.75, 3.05) is 5.32 Å². The van der Waals surface area contributed by atoms with Crippen LogP contribution in [0.1, 0.15) is 34.0 Å². The first-order valence-electron chi connectivity index (χ1n) is 10.1. The Balaban J connectivity index is 1.58. The van der Waals surface area contributed by atoms with E-state index in [1.54, 1.807) is 54.6 Å². The minimum atomic E-state index is -0.894. The smallest absolute Gasteiger partial charge is 0.343 e. The molecule has 0 heterocycles. The Morgan fingerprint density at radius 2 is 1.72 bits per heavy atom. The van der Waals surface area contributed by atoms with Gasteiger partial charge in [-0.1, -0.05) is 55.0 Å². The second kappa shape index (κ2) is 10.7. The van der Waals surface area contributed by atoms with Gasteiger partial charge in [0.25, 0.3) is 0 Å². The minimum Gasteiger partial charge on any atom is -0.423 e. The lowest BCUT2D eigenvalue weighted by Crippen LogP contribution is -2.32. The van der Waals surface area contributed by atoms with Gasteiger partial charge >= 0.3 is 17.8 Å². The maximum atomic E-state index is 12.3. The Hall–Kier alpha value is -4.26. The molecule has 0 fully saturated rings. The molecule has 3 aromatic carbocycles. The SMILES string of the molecule is CCc1ccccc1NC(=O)C(=O)N/N=C/c1cccc(OC(=O)c2cccc(C)c2)c1. The molecule has 7 heteroatoms. The molecule has 0 aliphatic rings. The van der Waals surface area contributed by atoms with Gasteiger partial charge in [-0.2, -0.15) is 5.10 Å². The summed E-state index contributed by atoms with van der Waals surface area (Å²) in [4.78, 5) is 36.4. The van der Waals surface area contributed by atoms with Gasteiger partial charge in [0.05, 0.1) is 11.8 Å². The highest BCUT2D eigenvalue weighted by atomic mass is 16.5. The normalized spacial score (nSPS) is 10.6. The Bertz CT molecular complexity index is 1170. The Morgan fingerprint density at radius 3 is 2.50 bits per heavy atom. The molecule has 0 radical (unpaired) electrons. The number of nitrogens with one attached hydrogen (secondary N) is 2. The summed E-state index contributed by atoms with van der Waals surface area (Å²) in [7, 11) is 0. The van der Waals surface area contributed by atoms with Gasteiger partial charge in [-0.3, -0.25) is 9.59 Å². The quantitative estimate of drug-likeness (QED) is 0.204. The average molecular weight is 429 g/mol. The molecular formula is C25H23N3O4. The number of rotatable bonds is 6. The maximum absolute atomic E-state index is 12.3. The van der Waals surface area contributed by atoms with Crippen molar-refractivity contribution >= 4 is 29.7 Å². The topological polar surface area (TPSA) is 96.9 Å². The van der Waals surface area contributed by atoms with E-state index >= 15 is 0 Å². The van der Waals surface area contributed by atoms with E-state index in [9.17, 15) is 14.4 Å². The van der Waals surface area contributed by atoms with Gasteiger partial charge in [0, 0.05) is 5.69 Å². The fraction of sp³-hybridized carbons (Fsp3) is 0.120. The van der Waals surface area contributed by atoms with Crippen LogP contribution in [-0.2, 0) is 16.0 Å². The van der Waals surface area contributed by atoms with Crippen LogP contribution >= 0.6 is 0 Å². The molecule has 0 atom stereocenters. The lowest BCUT2D eigenvalue weighted by Gasteiger charge is -2.08. The molecule has 0 bridgehead atoms. The number of hydrogen-bond acceptors (Lipinski definition) is 5. The molecule has 2 amide bonds. The number of carbonyl (C=O) groups is 3. The summed E-state index contributed by atoms with van der Waals surface area (Å²) >= 11 is 0. The van der Waals surface area contributed by atoms with E-state index in [1.165, 1.54) is 6.21 Å². The summed E-state index contributed by atoms with van der Waals surface area (Å²) in [6.45, 7) is 3.85. The fourth-order valence-electron chi connectivity index (χ4n) is 2.94. The molecule has 0 aromatic heterocycles. The van der Waals surface area contributed by atoms with Gasteiger partial charge < -0.3 is 10.1 Å². The van der Waals surface area contributed by atoms with Crippen molar-refractivity contribution in [2.45, 2.75) is 20.3 Å². The zero-order valence-corrected chi connectivity index (χ0v) is 17.8. The van der Waals surface area contributed by atoms with Crippen LogP contribution in [0, 0.1) is 6.92 Å². The predicted octanol–water partition coefficient (Wildman–Crippen LogP) is 3.87. The molecule has 0 unspecified atom stereocenters. The molecule has 162 valence electrons. The summed E-state index contributed by atoms with van der Waals surface area (Å²) in [5, 5.41) is 6.39. The van der Waals surface area contributed by atoms with Crippen molar-refractivity contribution in [1.29, 1.82) is 0 Å². The van der Waals surface area contributed by atoms with E-state index in [-0.39, 0.29) is 0 Å². The molecule has 32 heavy (non-hydrogen) atoms. The zero-order valence-electron chi connectivity index (χ0n) is 17.8. The van der Waals surface area contributed by atoms with E-state index in [4.69, 9.17) is 4.74 Å². The Morgan fingerprint density at radius 1 is 0.938 bits per heavy atom. The summed E-state index contributed by atoms with van der Waals surface area (Å²) in [6.07, 6.45) is 2.08. The molecule has 7 nitrogen and oxygen atoms in total. The molecule has 3 aromatic rings. The van der Waals surface area contributed by atoms with E-state index < -0.39 is 17.8 Å². The van der Waals surface area contributed by atoms with Crippen LogP contribution in [0.3, 0.4) is 0 Å². The number of hydrazone groups is 1. The van der Waals surface area contributed by atoms with E-state index in [2.05, 4.69) is 15.8 Å². The average Bonchev–Trinajstić information content (AvgIpc) is 2.79. The number of hydrogen-bond donors (Lipinski definition) is 2. The van der Waals surface area contributed by atoms with Crippen LogP contribution in [-0.4, -0.2) is 24.0 Å². The summed E-state index contributed by atoms with van der Waals surface area (Å²) in [6, 6.07) is 21.0. The number of esters is 1. The van der Waals surface area contributed by atoms with Gasteiger partial charge in [0.15, 0.2) is 0 Å². The number of para-hydroxylation sites is 1. The number of carbonyl (C=O) groups excluding carboxylic acids is 3. The molecule has 0 aliphatic carbocycles. The summed E-state index contributed by atoms with van der Waals surface area (Å²) in [5.74, 6) is -1.85. The first-order valence-corrected chi connectivity index (χ1v) is 10.1. The number of benzene rings is 3. The first kappa shape index (κ1) is 22.4. The van der Waals surface area contributed by atoms with E-state index in [1.807, 2.05) is 32.0 Å². The molecule has 2 N–H and O–H groups in total. The van der Waals surface area contributed by atoms with Gasteiger partial charge in [0.1, 0.15) is 5.75 Å². The third-order valence-electron chi connectivity index (χ3n) is 4.55. The number of nitrogens with zero attached hydrogens (tertiary/aromatic N) is 1. The molecular weight excluding hydrogens is 406 g/mol. The standard InChI is InChI=1S/C25H23N3O4/c1-3-19-10-4-5-13-22(19)27-23(29)24(30)28-26-16-18-9-7-12-21(15-18)32-25(31)20-11-6-8-17(2)14-20/h4-16H,3H2,1-2H3,(H,27,29)(H,28,30)/b26-16+. The lowest BCUT2D eigenvalue weighted by molar-refractivity contribution is -0.136. The van der Waals surface area contributed by atoms with Crippen molar-refractivity contribution < 1.29 is 19.1 Å². The maximum Gasteiger partial charge on any atom is 0.343 e. The molecule has 0 aliphatic heterocycles. The van der Waals surface area contributed by atoms with Crippen LogP contribution in [0.5, 0.6) is 5.75 Å². The minimum absolute atomic E-state index is 0.334. The van der Waals surface area contributed by atoms with Crippen molar-refractivity contribution in [2.24, 2.45) is 5.10 Å². The largest absolute Gasteiger partial charge is 0.423 e. The predicted molar refractivity (Wildman–Crippen MR) is 123 cm³/mol. The third-order valence-corrected chi connectivity index (χ3v) is 4.55. The Labute approximate surface area is 186 Å². The monoisotopic (exact) mass is 429 g/mol. The molecule has 3 rings (SSSR count). The zero-order chi connectivity index (χ0) is 22.9. The van der Waals surface area contributed by atoms with Gasteiger partial charge in [-0.05, 0) is 54.8 Å². The highest BCUT2D eigenvalue weighted by molar-refractivity contribution is 6.39. The molecule has 0 spiro atoms. The number of aryl methyl sites for hydroxylation is 2. The van der Waals surface area contributed by atoms with Crippen LogP contribution in [0.2, 0.25) is 0 Å². The highest BCUT2D eigenvalue weighted by Gasteiger charge is 2.14.